The topological polar surface area (TPSA) is 37.4 Å². The second-order valence-electron chi connectivity index (χ2n) is 2.25. The van der Waals surface area contributed by atoms with Crippen molar-refractivity contribution in [1.82, 2.24) is 4.31 Å². The van der Waals surface area contributed by atoms with E-state index in [1.54, 1.807) is 0 Å². The van der Waals surface area contributed by atoms with Crippen LogP contribution in [0, 0.1) is 0 Å². The Bertz CT molecular complexity index is 148. The summed E-state index contributed by atoms with van der Waals surface area (Å²) < 4.78 is 22.5. The molecular weight excluding hydrogens is 150 g/mol. The number of thiol groups is 1. The zero-order valence-electron chi connectivity index (χ0n) is 6.70. The van der Waals surface area contributed by atoms with E-state index in [4.69, 9.17) is 0 Å². The van der Waals surface area contributed by atoms with Crippen molar-refractivity contribution < 1.29 is 8.42 Å². The van der Waals surface area contributed by atoms with E-state index in [2.05, 4.69) is 0 Å². The fourth-order valence-electron chi connectivity index (χ4n) is 0.799. The Hall–Kier alpha value is -0.0900. The zero-order chi connectivity index (χ0) is 8.15. The molecule has 62 valence electrons. The molecule has 1 atom stereocenters. The van der Waals surface area contributed by atoms with E-state index in [0.717, 1.165) is 6.42 Å². The SMILES string of the molecule is CCC(C)N(CC)[SH](=O)=O. The van der Waals surface area contributed by atoms with Crippen molar-refractivity contribution in [3.05, 3.63) is 0 Å². The van der Waals surface area contributed by atoms with Gasteiger partial charge in [0.15, 0.2) is 0 Å². The van der Waals surface area contributed by atoms with Crippen LogP contribution in [0.2, 0.25) is 0 Å². The van der Waals surface area contributed by atoms with E-state index in [0.29, 0.717) is 6.54 Å². The van der Waals surface area contributed by atoms with Gasteiger partial charge in [0.05, 0.1) is 0 Å². The van der Waals surface area contributed by atoms with Gasteiger partial charge in [-0.3, -0.25) is 0 Å². The molecule has 0 bridgehead atoms. The smallest absolute Gasteiger partial charge is 0.204 e. The lowest BCUT2D eigenvalue weighted by Crippen LogP contribution is -2.30. The highest BCUT2D eigenvalue weighted by Crippen LogP contribution is 2.01. The molecule has 0 heterocycles. The van der Waals surface area contributed by atoms with Gasteiger partial charge in [0, 0.05) is 12.6 Å². The second-order valence-corrected chi connectivity index (χ2v) is 3.24. The van der Waals surface area contributed by atoms with Gasteiger partial charge in [-0.2, -0.15) is 0 Å². The maximum Gasteiger partial charge on any atom is 0.204 e. The lowest BCUT2D eigenvalue weighted by molar-refractivity contribution is 0.353. The minimum atomic E-state index is -2.38. The van der Waals surface area contributed by atoms with Gasteiger partial charge in [-0.1, -0.05) is 13.8 Å². The van der Waals surface area contributed by atoms with Crippen molar-refractivity contribution in [3.63, 3.8) is 0 Å². The van der Waals surface area contributed by atoms with Crippen LogP contribution in [-0.2, 0) is 10.9 Å². The van der Waals surface area contributed by atoms with Crippen LogP contribution in [-0.4, -0.2) is 25.3 Å². The molecule has 0 aliphatic heterocycles. The number of nitrogens with zero attached hydrogens (tertiary/aromatic N) is 1. The third-order valence-corrected chi connectivity index (χ3v) is 2.73. The molecular formula is C6H15NO2S. The first-order chi connectivity index (χ1) is 4.63. The van der Waals surface area contributed by atoms with Crippen molar-refractivity contribution in [1.29, 1.82) is 0 Å². The summed E-state index contributed by atoms with van der Waals surface area (Å²) in [5.41, 5.74) is 0. The number of hydrogen-bond acceptors (Lipinski definition) is 2. The summed E-state index contributed by atoms with van der Waals surface area (Å²) in [5, 5.41) is 0. The molecule has 0 rings (SSSR count). The zero-order valence-corrected chi connectivity index (χ0v) is 7.60. The Morgan fingerprint density at radius 1 is 1.40 bits per heavy atom. The number of rotatable bonds is 4. The van der Waals surface area contributed by atoms with Gasteiger partial charge in [0.25, 0.3) is 0 Å². The normalized spacial score (nSPS) is 14.5. The molecule has 0 aromatic heterocycles. The highest BCUT2D eigenvalue weighted by atomic mass is 32.2. The summed E-state index contributed by atoms with van der Waals surface area (Å²) >= 11 is 0. The van der Waals surface area contributed by atoms with Crippen molar-refractivity contribution in [2.75, 3.05) is 6.54 Å². The summed E-state index contributed by atoms with van der Waals surface area (Å²) in [6.45, 7) is 6.31. The van der Waals surface area contributed by atoms with Crippen LogP contribution in [0.15, 0.2) is 0 Å². The predicted molar refractivity (Wildman–Crippen MR) is 42.4 cm³/mol. The van der Waals surface area contributed by atoms with Gasteiger partial charge in [-0.05, 0) is 13.3 Å². The predicted octanol–water partition coefficient (Wildman–Crippen LogP) is 0.633. The van der Waals surface area contributed by atoms with Crippen LogP contribution < -0.4 is 0 Å². The van der Waals surface area contributed by atoms with Gasteiger partial charge in [0.1, 0.15) is 0 Å². The summed E-state index contributed by atoms with van der Waals surface area (Å²) in [5.74, 6) is 0. The first kappa shape index (κ1) is 9.91. The summed E-state index contributed by atoms with van der Waals surface area (Å²) in [4.78, 5) is 0. The Balaban J connectivity index is 4.06. The highest BCUT2D eigenvalue weighted by molar-refractivity contribution is 7.69. The quantitative estimate of drug-likeness (QED) is 0.620. The average molecular weight is 165 g/mol. The van der Waals surface area contributed by atoms with E-state index in [9.17, 15) is 8.42 Å². The highest BCUT2D eigenvalue weighted by Gasteiger charge is 2.10. The van der Waals surface area contributed by atoms with Crippen molar-refractivity contribution in [2.24, 2.45) is 0 Å². The van der Waals surface area contributed by atoms with Crippen LogP contribution in [0.1, 0.15) is 27.2 Å². The van der Waals surface area contributed by atoms with Gasteiger partial charge < -0.3 is 0 Å². The van der Waals surface area contributed by atoms with E-state index in [1.807, 2.05) is 20.8 Å². The van der Waals surface area contributed by atoms with Crippen molar-refractivity contribution in [3.8, 4) is 0 Å². The second kappa shape index (κ2) is 4.68. The van der Waals surface area contributed by atoms with Crippen LogP contribution >= 0.6 is 0 Å². The molecule has 10 heavy (non-hydrogen) atoms. The van der Waals surface area contributed by atoms with Crippen LogP contribution in [0.3, 0.4) is 0 Å². The molecule has 0 aliphatic carbocycles. The van der Waals surface area contributed by atoms with Crippen LogP contribution in [0.5, 0.6) is 0 Å². The van der Waals surface area contributed by atoms with Gasteiger partial charge >= 0.3 is 0 Å². The molecule has 0 N–H and O–H groups in total. The first-order valence-electron chi connectivity index (χ1n) is 3.54. The van der Waals surface area contributed by atoms with Gasteiger partial charge in [-0.15, -0.1) is 0 Å². The third kappa shape index (κ3) is 2.66. The molecule has 3 nitrogen and oxygen atoms in total. The molecule has 0 radical (unpaired) electrons. The standard InChI is InChI=1S/C6H15NO2S/c1-4-6(3)7(5-2)10(8)9/h6,10H,4-5H2,1-3H3. The Morgan fingerprint density at radius 2 is 1.90 bits per heavy atom. The van der Waals surface area contributed by atoms with E-state index < -0.39 is 10.9 Å². The van der Waals surface area contributed by atoms with Crippen LogP contribution in [0.4, 0.5) is 0 Å². The summed E-state index contributed by atoms with van der Waals surface area (Å²) in [6, 6.07) is 0.145. The van der Waals surface area contributed by atoms with Gasteiger partial charge in [0.2, 0.25) is 10.9 Å². The lowest BCUT2D eigenvalue weighted by atomic mass is 10.3. The molecule has 0 aromatic rings. The summed E-state index contributed by atoms with van der Waals surface area (Å²) in [7, 11) is -2.38. The molecule has 0 saturated carbocycles. The Kier molecular flexibility index (Phi) is 4.64. The largest absolute Gasteiger partial charge is 0.215 e. The van der Waals surface area contributed by atoms with E-state index >= 15 is 0 Å². The minimum absolute atomic E-state index is 0.145. The molecule has 0 spiro atoms. The Labute approximate surface area is 64.1 Å². The fraction of sp³-hybridized carbons (Fsp3) is 1.00. The first-order valence-corrected chi connectivity index (χ1v) is 4.67. The maximum absolute atomic E-state index is 10.5. The molecule has 0 aromatic carbocycles. The molecule has 0 amide bonds. The van der Waals surface area contributed by atoms with E-state index in [1.165, 1.54) is 4.31 Å². The molecule has 0 saturated heterocycles. The lowest BCUT2D eigenvalue weighted by Gasteiger charge is -2.19. The minimum Gasteiger partial charge on any atom is -0.215 e. The number of hydrogen-bond donors (Lipinski definition) is 1. The summed E-state index contributed by atoms with van der Waals surface area (Å²) in [6.07, 6.45) is 0.872. The molecule has 0 aliphatic rings. The fourth-order valence-corrected chi connectivity index (χ4v) is 1.51. The van der Waals surface area contributed by atoms with E-state index in [-0.39, 0.29) is 6.04 Å². The average Bonchev–Trinajstić information content (AvgIpc) is 1.88. The monoisotopic (exact) mass is 165 g/mol. The Morgan fingerprint density at radius 3 is 2.00 bits per heavy atom. The van der Waals surface area contributed by atoms with Crippen molar-refractivity contribution >= 4 is 10.9 Å². The third-order valence-electron chi connectivity index (χ3n) is 1.63. The maximum atomic E-state index is 10.5. The molecule has 1 unspecified atom stereocenters. The van der Waals surface area contributed by atoms with Crippen LogP contribution in [0.25, 0.3) is 0 Å². The van der Waals surface area contributed by atoms with Crippen molar-refractivity contribution in [2.45, 2.75) is 33.2 Å². The molecule has 4 heteroatoms. The molecule has 0 fully saturated rings. The van der Waals surface area contributed by atoms with Gasteiger partial charge in [-0.25, -0.2) is 12.7 Å².